The summed E-state index contributed by atoms with van der Waals surface area (Å²) in [6, 6.07) is 9.46. The van der Waals surface area contributed by atoms with E-state index < -0.39 is 18.0 Å². The number of likely N-dealkylation sites (N-methyl/N-ethyl adjacent to an activating group) is 1. The summed E-state index contributed by atoms with van der Waals surface area (Å²) < 4.78 is 21.5. The van der Waals surface area contributed by atoms with Gasteiger partial charge in [0.25, 0.3) is 0 Å². The first-order valence-electron chi connectivity index (χ1n) is 9.84. The Kier molecular flexibility index (Phi) is 7.19. The maximum atomic E-state index is 12.5. The smallest absolute Gasteiger partial charge is 0.325 e. The van der Waals surface area contributed by atoms with Gasteiger partial charge in [-0.3, -0.25) is 15.0 Å². The van der Waals surface area contributed by atoms with E-state index in [1.54, 1.807) is 46.4 Å². The second-order valence-electron chi connectivity index (χ2n) is 7.08. The van der Waals surface area contributed by atoms with Crippen molar-refractivity contribution in [1.82, 2.24) is 10.2 Å². The number of hydrogen-bond donors (Lipinski definition) is 2. The van der Waals surface area contributed by atoms with E-state index in [-0.39, 0.29) is 0 Å². The van der Waals surface area contributed by atoms with Crippen LogP contribution in [0.2, 0.25) is 0 Å². The minimum Gasteiger partial charge on any atom is -0.493 e. The SMILES string of the molecule is COc1ccc(CN(C)C(C)C(=O)NC(=O)Nc2ccc3c(c2)OCCO3)cc1OC. The lowest BCUT2D eigenvalue weighted by Crippen LogP contribution is -2.46. The zero-order valence-electron chi connectivity index (χ0n) is 18.1. The Labute approximate surface area is 181 Å². The fraction of sp³-hybridized carbons (Fsp3) is 0.364. The van der Waals surface area contributed by atoms with Gasteiger partial charge >= 0.3 is 6.03 Å². The first-order valence-corrected chi connectivity index (χ1v) is 9.84. The van der Waals surface area contributed by atoms with Crippen LogP contribution < -0.4 is 29.6 Å². The van der Waals surface area contributed by atoms with Crippen molar-refractivity contribution >= 4 is 17.6 Å². The number of ether oxygens (including phenoxy) is 4. The van der Waals surface area contributed by atoms with Crippen LogP contribution >= 0.6 is 0 Å². The molecule has 1 aliphatic rings. The minimum atomic E-state index is -0.618. The Morgan fingerprint density at radius 3 is 2.45 bits per heavy atom. The van der Waals surface area contributed by atoms with Gasteiger partial charge in [0.05, 0.1) is 20.3 Å². The maximum Gasteiger partial charge on any atom is 0.325 e. The summed E-state index contributed by atoms with van der Waals surface area (Å²) in [5.41, 5.74) is 1.45. The molecule has 0 saturated carbocycles. The first kappa shape index (κ1) is 22.2. The Bertz CT molecular complexity index is 949. The predicted molar refractivity (Wildman–Crippen MR) is 115 cm³/mol. The van der Waals surface area contributed by atoms with Crippen LogP contribution in [0, 0.1) is 0 Å². The van der Waals surface area contributed by atoms with Crippen LogP contribution in [0.15, 0.2) is 36.4 Å². The van der Waals surface area contributed by atoms with Gasteiger partial charge in [0.1, 0.15) is 13.2 Å². The first-order chi connectivity index (χ1) is 14.9. The van der Waals surface area contributed by atoms with Gasteiger partial charge in [-0.25, -0.2) is 4.79 Å². The largest absolute Gasteiger partial charge is 0.493 e. The Balaban J connectivity index is 1.55. The fourth-order valence-electron chi connectivity index (χ4n) is 3.10. The number of benzene rings is 2. The number of amides is 3. The lowest BCUT2D eigenvalue weighted by Gasteiger charge is -2.24. The molecule has 31 heavy (non-hydrogen) atoms. The molecule has 1 unspecified atom stereocenters. The highest BCUT2D eigenvalue weighted by molar-refractivity contribution is 6.02. The molecule has 166 valence electrons. The van der Waals surface area contributed by atoms with Crippen molar-refractivity contribution in [2.24, 2.45) is 0 Å². The van der Waals surface area contributed by atoms with Gasteiger partial charge in [0.15, 0.2) is 23.0 Å². The van der Waals surface area contributed by atoms with Gasteiger partial charge in [0, 0.05) is 18.3 Å². The molecular weight excluding hydrogens is 402 g/mol. The van der Waals surface area contributed by atoms with E-state index in [4.69, 9.17) is 18.9 Å². The number of fused-ring (bicyclic) bond motifs is 1. The number of methoxy groups -OCH3 is 2. The van der Waals surface area contributed by atoms with Crippen molar-refractivity contribution in [3.05, 3.63) is 42.0 Å². The third-order valence-corrected chi connectivity index (χ3v) is 4.96. The monoisotopic (exact) mass is 429 g/mol. The molecule has 3 amide bonds. The average molecular weight is 429 g/mol. The van der Waals surface area contributed by atoms with E-state index in [9.17, 15) is 9.59 Å². The summed E-state index contributed by atoms with van der Waals surface area (Å²) in [4.78, 5) is 26.6. The second kappa shape index (κ2) is 10.0. The van der Waals surface area contributed by atoms with Gasteiger partial charge in [-0.2, -0.15) is 0 Å². The molecule has 9 nitrogen and oxygen atoms in total. The number of carbonyl (C=O) groups is 2. The van der Waals surface area contributed by atoms with Crippen molar-refractivity contribution in [3.8, 4) is 23.0 Å². The molecule has 9 heteroatoms. The van der Waals surface area contributed by atoms with Crippen LogP contribution in [0.5, 0.6) is 23.0 Å². The lowest BCUT2D eigenvalue weighted by atomic mass is 10.1. The van der Waals surface area contributed by atoms with Crippen LogP contribution in [0.25, 0.3) is 0 Å². The van der Waals surface area contributed by atoms with E-state index in [2.05, 4.69) is 10.6 Å². The molecule has 2 aromatic carbocycles. The summed E-state index contributed by atoms with van der Waals surface area (Å²) in [6.45, 7) is 3.15. The Morgan fingerprint density at radius 2 is 1.74 bits per heavy atom. The zero-order chi connectivity index (χ0) is 22.4. The lowest BCUT2D eigenvalue weighted by molar-refractivity contribution is -0.124. The summed E-state index contributed by atoms with van der Waals surface area (Å²) in [6.07, 6.45) is 0. The number of urea groups is 1. The normalized spacial score (nSPS) is 13.3. The third-order valence-electron chi connectivity index (χ3n) is 4.96. The van der Waals surface area contributed by atoms with Crippen LogP contribution in [-0.2, 0) is 11.3 Å². The number of hydrogen-bond acceptors (Lipinski definition) is 7. The van der Waals surface area contributed by atoms with Gasteiger partial charge in [-0.05, 0) is 43.8 Å². The minimum absolute atomic E-state index is 0.418. The molecule has 0 radical (unpaired) electrons. The van der Waals surface area contributed by atoms with Crippen LogP contribution in [0.4, 0.5) is 10.5 Å². The number of anilines is 1. The van der Waals surface area contributed by atoms with E-state index in [1.807, 2.05) is 23.1 Å². The summed E-state index contributed by atoms with van der Waals surface area (Å²) >= 11 is 0. The molecule has 1 aliphatic heterocycles. The highest BCUT2D eigenvalue weighted by atomic mass is 16.6. The predicted octanol–water partition coefficient (Wildman–Crippen LogP) is 2.64. The van der Waals surface area contributed by atoms with E-state index in [0.717, 1.165) is 5.56 Å². The molecule has 2 aromatic rings. The quantitative estimate of drug-likeness (QED) is 0.698. The van der Waals surface area contributed by atoms with Crippen molar-refractivity contribution in [1.29, 1.82) is 0 Å². The summed E-state index contributed by atoms with van der Waals surface area (Å²) in [5.74, 6) is 2.01. The Hall–Kier alpha value is -3.46. The topological polar surface area (TPSA) is 98.4 Å². The molecule has 3 rings (SSSR count). The zero-order valence-corrected chi connectivity index (χ0v) is 18.1. The fourth-order valence-corrected chi connectivity index (χ4v) is 3.10. The second-order valence-corrected chi connectivity index (χ2v) is 7.08. The van der Waals surface area contributed by atoms with Crippen molar-refractivity contribution in [2.45, 2.75) is 19.5 Å². The summed E-state index contributed by atoms with van der Waals surface area (Å²) in [5, 5.41) is 5.01. The van der Waals surface area contributed by atoms with Gasteiger partial charge < -0.3 is 24.3 Å². The molecular formula is C22H27N3O6. The average Bonchev–Trinajstić information content (AvgIpc) is 2.78. The van der Waals surface area contributed by atoms with Gasteiger partial charge in [-0.1, -0.05) is 6.07 Å². The van der Waals surface area contributed by atoms with Crippen LogP contribution in [-0.4, -0.2) is 57.4 Å². The van der Waals surface area contributed by atoms with E-state index in [1.165, 1.54) is 0 Å². The number of carbonyl (C=O) groups excluding carboxylic acids is 2. The van der Waals surface area contributed by atoms with Crippen LogP contribution in [0.3, 0.4) is 0 Å². The molecule has 1 atom stereocenters. The molecule has 0 bridgehead atoms. The highest BCUT2D eigenvalue weighted by Gasteiger charge is 2.21. The molecule has 0 aromatic heterocycles. The van der Waals surface area contributed by atoms with Gasteiger partial charge in [0.2, 0.25) is 5.91 Å². The maximum absolute atomic E-state index is 12.5. The molecule has 1 heterocycles. The Morgan fingerprint density at radius 1 is 1.03 bits per heavy atom. The van der Waals surface area contributed by atoms with Crippen molar-refractivity contribution in [2.75, 3.05) is 39.8 Å². The molecule has 2 N–H and O–H groups in total. The molecule has 0 aliphatic carbocycles. The summed E-state index contributed by atoms with van der Waals surface area (Å²) in [7, 11) is 4.95. The number of rotatable bonds is 7. The molecule has 0 fully saturated rings. The van der Waals surface area contributed by atoms with E-state index >= 15 is 0 Å². The molecule has 0 spiro atoms. The van der Waals surface area contributed by atoms with Crippen molar-refractivity contribution in [3.63, 3.8) is 0 Å². The number of nitrogens with one attached hydrogen (secondary N) is 2. The number of imide groups is 1. The number of nitrogens with zero attached hydrogens (tertiary/aromatic N) is 1. The highest BCUT2D eigenvalue weighted by Crippen LogP contribution is 2.32. The van der Waals surface area contributed by atoms with Crippen LogP contribution in [0.1, 0.15) is 12.5 Å². The third kappa shape index (κ3) is 5.58. The van der Waals surface area contributed by atoms with E-state index in [0.29, 0.717) is 48.4 Å². The standard InChI is InChI=1S/C22H27N3O6/c1-14(25(2)13-15-5-7-17(28-3)19(11-15)29-4)21(26)24-22(27)23-16-6-8-18-20(12-16)31-10-9-30-18/h5-8,11-12,14H,9-10,13H2,1-4H3,(H2,23,24,26,27). The van der Waals surface area contributed by atoms with Gasteiger partial charge in [-0.15, -0.1) is 0 Å². The molecule has 0 saturated heterocycles. The van der Waals surface area contributed by atoms with Crippen molar-refractivity contribution < 1.29 is 28.5 Å².